The molecule has 4 aromatic rings. The van der Waals surface area contributed by atoms with Crippen LogP contribution >= 0.6 is 0 Å². The van der Waals surface area contributed by atoms with Gasteiger partial charge in [0.25, 0.3) is 0 Å². The quantitative estimate of drug-likeness (QED) is 0.299. The molecule has 0 nitrogen and oxygen atoms in total. The third-order valence-electron chi connectivity index (χ3n) is 4.10. The Balaban J connectivity index is 0.000000410. The van der Waals surface area contributed by atoms with Crippen molar-refractivity contribution in [1.82, 2.24) is 0 Å². The van der Waals surface area contributed by atoms with E-state index in [4.69, 9.17) is 0 Å². The molecule has 0 bridgehead atoms. The Kier molecular flexibility index (Phi) is 5.03. The lowest BCUT2D eigenvalue weighted by atomic mass is 9.91. The topological polar surface area (TPSA) is 0 Å². The molecule has 22 heavy (non-hydrogen) atoms. The summed E-state index contributed by atoms with van der Waals surface area (Å²) < 4.78 is 0. The van der Waals surface area contributed by atoms with Crippen molar-refractivity contribution in [1.29, 1.82) is 0 Å². The molecule has 0 saturated carbocycles. The van der Waals surface area contributed by atoms with Crippen molar-refractivity contribution in [3.8, 4) is 0 Å². The van der Waals surface area contributed by atoms with Gasteiger partial charge in [0.1, 0.15) is 0 Å². The van der Waals surface area contributed by atoms with Crippen molar-refractivity contribution in [3.05, 3.63) is 59.7 Å². The van der Waals surface area contributed by atoms with Gasteiger partial charge in [0, 0.05) is 0 Å². The van der Waals surface area contributed by atoms with Crippen molar-refractivity contribution < 1.29 is 0 Å². The maximum absolute atomic E-state index is 2.26. The highest BCUT2D eigenvalue weighted by molar-refractivity contribution is 6.24. The maximum Gasteiger partial charge on any atom is -0.00240 e. The van der Waals surface area contributed by atoms with E-state index in [1.165, 1.54) is 43.4 Å². The summed E-state index contributed by atoms with van der Waals surface area (Å²) in [5, 5.41) is 8.31. The monoisotopic (exact) mass is 290 g/mol. The number of hydrogen-bond acceptors (Lipinski definition) is 0. The van der Waals surface area contributed by atoms with Gasteiger partial charge in [-0.15, -0.1) is 0 Å². The van der Waals surface area contributed by atoms with Gasteiger partial charge >= 0.3 is 0 Å². The van der Waals surface area contributed by atoms with Crippen molar-refractivity contribution in [2.45, 2.75) is 41.5 Å². The summed E-state index contributed by atoms with van der Waals surface area (Å²) in [6, 6.07) is 17.9. The first-order chi connectivity index (χ1) is 10.8. The van der Waals surface area contributed by atoms with E-state index >= 15 is 0 Å². The van der Waals surface area contributed by atoms with Gasteiger partial charge in [-0.3, -0.25) is 0 Å². The minimum Gasteiger partial charge on any atom is -0.0683 e. The van der Waals surface area contributed by atoms with E-state index in [2.05, 4.69) is 62.4 Å². The lowest BCUT2D eigenvalue weighted by molar-refractivity contribution is 1.50. The van der Waals surface area contributed by atoms with Crippen LogP contribution in [-0.2, 0) is 0 Å². The number of rotatable bonds is 0. The second-order valence-electron chi connectivity index (χ2n) is 5.19. The minimum atomic E-state index is 1.35. The van der Waals surface area contributed by atoms with Gasteiger partial charge in [-0.2, -0.15) is 0 Å². The van der Waals surface area contributed by atoms with Gasteiger partial charge in [0.15, 0.2) is 0 Å². The second-order valence-corrected chi connectivity index (χ2v) is 5.19. The molecule has 0 N–H and O–H groups in total. The van der Waals surface area contributed by atoms with Crippen LogP contribution in [0.25, 0.3) is 32.3 Å². The molecule has 0 saturated heterocycles. The molecule has 0 unspecified atom stereocenters. The molecule has 0 aliphatic heterocycles. The summed E-state index contributed by atoms with van der Waals surface area (Å²) in [7, 11) is 0. The molecule has 4 aromatic carbocycles. The fourth-order valence-corrected chi connectivity index (χ4v) is 3.09. The third-order valence-corrected chi connectivity index (χ3v) is 4.10. The summed E-state index contributed by atoms with van der Waals surface area (Å²) in [5.74, 6) is 0. The van der Waals surface area contributed by atoms with Crippen LogP contribution in [0.3, 0.4) is 0 Å². The predicted octanol–water partition coefficient (Wildman–Crippen LogP) is 7.25. The largest absolute Gasteiger partial charge is 0.0683 e. The zero-order valence-corrected chi connectivity index (χ0v) is 14.6. The molecule has 4 rings (SSSR count). The van der Waals surface area contributed by atoms with Crippen molar-refractivity contribution in [2.75, 3.05) is 0 Å². The summed E-state index contributed by atoms with van der Waals surface area (Å²) in [6.07, 6.45) is 0. The molecule has 0 radical (unpaired) electrons. The fraction of sp³-hybridized carbons (Fsp3) is 0.273. The lowest BCUT2D eigenvalue weighted by Gasteiger charge is -2.13. The average molecular weight is 290 g/mol. The zero-order valence-electron chi connectivity index (χ0n) is 14.6. The van der Waals surface area contributed by atoms with Crippen LogP contribution in [0.5, 0.6) is 0 Å². The van der Waals surface area contributed by atoms with Crippen LogP contribution in [-0.4, -0.2) is 0 Å². The van der Waals surface area contributed by atoms with Crippen LogP contribution < -0.4 is 0 Å². The molecule has 0 heterocycles. The van der Waals surface area contributed by atoms with Gasteiger partial charge in [0.2, 0.25) is 0 Å². The Labute approximate surface area is 134 Å². The Hall–Kier alpha value is -2.08. The Morgan fingerprint density at radius 1 is 0.455 bits per heavy atom. The van der Waals surface area contributed by atoms with E-state index in [0.29, 0.717) is 0 Å². The first-order valence-corrected chi connectivity index (χ1v) is 8.39. The third kappa shape index (κ3) is 2.43. The molecular weight excluding hydrogens is 264 g/mol. The van der Waals surface area contributed by atoms with Crippen molar-refractivity contribution >= 4 is 32.3 Å². The SMILES string of the molecule is CC.CC.Cc1ccc2ccc3c(C)ccc4ccc1c2c43. The van der Waals surface area contributed by atoms with Crippen molar-refractivity contribution in [2.24, 2.45) is 0 Å². The second kappa shape index (κ2) is 6.79. The van der Waals surface area contributed by atoms with Crippen LogP contribution in [0.15, 0.2) is 48.5 Å². The standard InChI is InChI=1S/C18H14.2C2H6/c1-11-3-5-13-8-10-16-12(2)4-6-14-7-9-15(11)17(13)18(14)16;2*1-2/h3-10H,1-2H3;2*1-2H3. The van der Waals surface area contributed by atoms with Crippen LogP contribution in [0, 0.1) is 13.8 Å². The highest BCUT2D eigenvalue weighted by Gasteiger charge is 2.09. The zero-order chi connectivity index (χ0) is 16.3. The molecule has 0 heteroatoms. The van der Waals surface area contributed by atoms with E-state index in [-0.39, 0.29) is 0 Å². The summed E-state index contributed by atoms with van der Waals surface area (Å²) in [6.45, 7) is 12.4. The van der Waals surface area contributed by atoms with Gasteiger partial charge in [-0.25, -0.2) is 0 Å². The van der Waals surface area contributed by atoms with E-state index in [1.54, 1.807) is 0 Å². The highest BCUT2D eigenvalue weighted by atomic mass is 14.1. The van der Waals surface area contributed by atoms with Gasteiger partial charge in [0.05, 0.1) is 0 Å². The summed E-state index contributed by atoms with van der Waals surface area (Å²) in [5.41, 5.74) is 2.72. The molecular formula is C22H26. The summed E-state index contributed by atoms with van der Waals surface area (Å²) >= 11 is 0. The lowest BCUT2D eigenvalue weighted by Crippen LogP contribution is -1.87. The van der Waals surface area contributed by atoms with Crippen LogP contribution in [0.4, 0.5) is 0 Å². The van der Waals surface area contributed by atoms with Gasteiger partial charge in [-0.1, -0.05) is 76.2 Å². The Morgan fingerprint density at radius 3 is 1.14 bits per heavy atom. The molecule has 0 atom stereocenters. The molecule has 0 fully saturated rings. The van der Waals surface area contributed by atoms with Crippen molar-refractivity contribution in [3.63, 3.8) is 0 Å². The molecule has 0 amide bonds. The van der Waals surface area contributed by atoms with Gasteiger partial charge < -0.3 is 0 Å². The van der Waals surface area contributed by atoms with E-state index < -0.39 is 0 Å². The van der Waals surface area contributed by atoms with Gasteiger partial charge in [-0.05, 0) is 57.3 Å². The molecule has 0 aliphatic rings. The molecule has 0 aliphatic carbocycles. The normalized spacial score (nSPS) is 10.3. The first kappa shape index (κ1) is 16.3. The fourth-order valence-electron chi connectivity index (χ4n) is 3.09. The number of hydrogen-bond donors (Lipinski definition) is 0. The van der Waals surface area contributed by atoms with E-state index in [9.17, 15) is 0 Å². The molecule has 114 valence electrons. The minimum absolute atomic E-state index is 1.35. The first-order valence-electron chi connectivity index (χ1n) is 8.39. The number of benzene rings is 4. The van der Waals surface area contributed by atoms with E-state index in [0.717, 1.165) is 0 Å². The average Bonchev–Trinajstić information content (AvgIpc) is 2.60. The molecule has 0 spiro atoms. The Morgan fingerprint density at radius 2 is 0.773 bits per heavy atom. The summed E-state index contributed by atoms with van der Waals surface area (Å²) in [4.78, 5) is 0. The Bertz CT molecular complexity index is 809. The maximum atomic E-state index is 2.26. The number of aryl methyl sites for hydroxylation is 2. The predicted molar refractivity (Wildman–Crippen MR) is 102 cm³/mol. The highest BCUT2D eigenvalue weighted by Crippen LogP contribution is 2.36. The van der Waals surface area contributed by atoms with Crippen LogP contribution in [0.1, 0.15) is 38.8 Å². The van der Waals surface area contributed by atoms with E-state index in [1.807, 2.05) is 27.7 Å². The molecule has 0 aromatic heterocycles. The smallest absolute Gasteiger partial charge is 0.00240 e. The van der Waals surface area contributed by atoms with Crippen LogP contribution in [0.2, 0.25) is 0 Å².